The summed E-state index contributed by atoms with van der Waals surface area (Å²) in [6.07, 6.45) is 1.70. The Balaban J connectivity index is 1.96. The number of carbonyl (C=O) groups is 3. The van der Waals surface area contributed by atoms with Crippen molar-refractivity contribution in [3.8, 4) is 5.75 Å². The highest BCUT2D eigenvalue weighted by molar-refractivity contribution is 6.30. The number of ketones is 1. The first-order valence-electron chi connectivity index (χ1n) is 9.57. The number of ether oxygens (including phenoxy) is 3. The lowest BCUT2D eigenvalue weighted by atomic mass is 10.1. The van der Waals surface area contributed by atoms with E-state index in [1.807, 2.05) is 31.2 Å². The van der Waals surface area contributed by atoms with Crippen LogP contribution in [0.15, 0.2) is 65.5 Å². The van der Waals surface area contributed by atoms with Gasteiger partial charge in [-0.1, -0.05) is 29.8 Å². The molecule has 2 aromatic carbocycles. The highest BCUT2D eigenvalue weighted by Crippen LogP contribution is 2.35. The van der Waals surface area contributed by atoms with E-state index in [0.717, 1.165) is 16.8 Å². The first-order chi connectivity index (χ1) is 14.8. The number of carbonyl (C=O) groups excluding carboxylic acids is 3. The van der Waals surface area contributed by atoms with Crippen LogP contribution in [0.4, 0.5) is 5.69 Å². The molecule has 0 N–H and O–H groups in total. The lowest BCUT2D eigenvalue weighted by Gasteiger charge is -2.21. The van der Waals surface area contributed by atoms with E-state index >= 15 is 0 Å². The van der Waals surface area contributed by atoms with Crippen molar-refractivity contribution in [2.24, 2.45) is 0 Å². The molecule has 7 nitrogen and oxygen atoms in total. The van der Waals surface area contributed by atoms with Crippen molar-refractivity contribution in [1.29, 1.82) is 0 Å². The van der Waals surface area contributed by atoms with Crippen LogP contribution in [0.1, 0.15) is 18.1 Å². The van der Waals surface area contributed by atoms with Crippen LogP contribution in [-0.4, -0.2) is 38.5 Å². The van der Waals surface area contributed by atoms with Crippen molar-refractivity contribution in [3.05, 3.63) is 76.6 Å². The molecule has 1 aliphatic rings. The summed E-state index contributed by atoms with van der Waals surface area (Å²) in [5.41, 5.74) is 3.42. The third-order valence-corrected chi connectivity index (χ3v) is 4.85. The smallest absolute Gasteiger partial charge is 0.343 e. The number of hydrogen-bond donors (Lipinski definition) is 0. The third kappa shape index (κ3) is 4.66. The van der Waals surface area contributed by atoms with Crippen LogP contribution in [0.3, 0.4) is 0 Å². The molecule has 0 bridgehead atoms. The van der Waals surface area contributed by atoms with Crippen molar-refractivity contribution >= 4 is 29.5 Å². The minimum atomic E-state index is -0.672. The zero-order chi connectivity index (χ0) is 22.5. The number of nitrogens with zero attached hydrogens (tertiary/aromatic N) is 1. The maximum Gasteiger partial charge on any atom is 0.343 e. The number of esters is 2. The molecular weight excluding hydrogens is 398 g/mol. The Kier molecular flexibility index (Phi) is 6.55. The Morgan fingerprint density at radius 2 is 1.58 bits per heavy atom. The second-order valence-electron chi connectivity index (χ2n) is 6.92. The number of rotatable bonds is 6. The maximum atomic E-state index is 13.1. The third-order valence-electron chi connectivity index (χ3n) is 4.85. The summed E-state index contributed by atoms with van der Waals surface area (Å²) in [5.74, 6) is -1.07. The summed E-state index contributed by atoms with van der Waals surface area (Å²) in [5, 5.41) is 0. The highest BCUT2D eigenvalue weighted by Gasteiger charge is 2.38. The standard InChI is InChI=1S/C24H23NO6/c1-15-5-9-18(10-6-15)25-16(2)22(24(28)30-4)23(27)20(25)13-17-7-11-19(12-8-17)31-14-21(26)29-3/h5-13H,14H2,1-4H3/b20-13+. The number of benzene rings is 2. The predicted octanol–water partition coefficient (Wildman–Crippen LogP) is 3.42. The highest BCUT2D eigenvalue weighted by atomic mass is 16.6. The number of Topliss-reactive ketones (excluding diaryl/α,β-unsaturated/α-hetero) is 1. The van der Waals surface area contributed by atoms with Gasteiger partial charge >= 0.3 is 11.9 Å². The molecule has 7 heteroatoms. The van der Waals surface area contributed by atoms with Crippen molar-refractivity contribution in [1.82, 2.24) is 0 Å². The lowest BCUT2D eigenvalue weighted by Crippen LogP contribution is -2.18. The Hall–Kier alpha value is -3.87. The summed E-state index contributed by atoms with van der Waals surface area (Å²) >= 11 is 0. The molecule has 0 saturated heterocycles. The molecule has 0 amide bonds. The number of allylic oxidation sites excluding steroid dienone is 2. The van der Waals surface area contributed by atoms with Gasteiger partial charge < -0.3 is 19.1 Å². The van der Waals surface area contributed by atoms with Crippen molar-refractivity contribution < 1.29 is 28.6 Å². The number of methoxy groups -OCH3 is 2. The molecule has 160 valence electrons. The Labute approximate surface area is 180 Å². The normalized spacial score (nSPS) is 14.8. The largest absolute Gasteiger partial charge is 0.482 e. The molecule has 0 radical (unpaired) electrons. The van der Waals surface area contributed by atoms with E-state index in [4.69, 9.17) is 9.47 Å². The van der Waals surface area contributed by atoms with E-state index in [-0.39, 0.29) is 12.2 Å². The molecule has 3 rings (SSSR count). The van der Waals surface area contributed by atoms with E-state index in [1.54, 1.807) is 42.2 Å². The summed E-state index contributed by atoms with van der Waals surface area (Å²) in [6.45, 7) is 3.50. The first kappa shape index (κ1) is 21.8. The van der Waals surface area contributed by atoms with Gasteiger partial charge in [0.05, 0.1) is 19.9 Å². The molecule has 1 heterocycles. The Morgan fingerprint density at radius 3 is 2.16 bits per heavy atom. The molecule has 0 spiro atoms. The average Bonchev–Trinajstić information content (AvgIpc) is 3.02. The van der Waals surface area contributed by atoms with Gasteiger partial charge in [0, 0.05) is 11.4 Å². The van der Waals surface area contributed by atoms with Crippen LogP contribution in [-0.2, 0) is 23.9 Å². The van der Waals surface area contributed by atoms with Crippen molar-refractivity contribution in [2.45, 2.75) is 13.8 Å². The van der Waals surface area contributed by atoms with Crippen molar-refractivity contribution in [2.75, 3.05) is 25.7 Å². The summed E-state index contributed by atoms with van der Waals surface area (Å²) < 4.78 is 14.7. The minimum Gasteiger partial charge on any atom is -0.482 e. The first-order valence-corrected chi connectivity index (χ1v) is 9.57. The molecule has 1 aliphatic heterocycles. The fourth-order valence-corrected chi connectivity index (χ4v) is 3.20. The van der Waals surface area contributed by atoms with Crippen LogP contribution in [0.5, 0.6) is 5.75 Å². The van der Waals surface area contributed by atoms with Crippen LogP contribution in [0.25, 0.3) is 6.08 Å². The molecular formula is C24H23NO6. The maximum absolute atomic E-state index is 13.1. The van der Waals surface area contributed by atoms with Crippen LogP contribution >= 0.6 is 0 Å². The lowest BCUT2D eigenvalue weighted by molar-refractivity contribution is -0.143. The monoisotopic (exact) mass is 421 g/mol. The molecule has 0 saturated carbocycles. The van der Waals surface area contributed by atoms with Gasteiger partial charge in [-0.2, -0.15) is 0 Å². The minimum absolute atomic E-state index is 0.00681. The zero-order valence-corrected chi connectivity index (χ0v) is 17.8. The summed E-state index contributed by atoms with van der Waals surface area (Å²) in [4.78, 5) is 38.3. The van der Waals surface area contributed by atoms with Crippen LogP contribution in [0, 0.1) is 6.92 Å². The van der Waals surface area contributed by atoms with E-state index in [2.05, 4.69) is 4.74 Å². The van der Waals surface area contributed by atoms with Crippen LogP contribution in [0.2, 0.25) is 0 Å². The second-order valence-corrected chi connectivity index (χ2v) is 6.92. The van der Waals surface area contributed by atoms with E-state index in [1.165, 1.54) is 14.2 Å². The molecule has 31 heavy (non-hydrogen) atoms. The molecule has 2 aromatic rings. The van der Waals surface area contributed by atoms with Gasteiger partial charge in [-0.15, -0.1) is 0 Å². The Bertz CT molecular complexity index is 1060. The fraction of sp³-hybridized carbons (Fsp3) is 0.208. The SMILES string of the molecule is COC(=O)COc1ccc(/C=C2\C(=O)C(C(=O)OC)=C(C)N2c2ccc(C)cc2)cc1. The van der Waals surface area contributed by atoms with Gasteiger partial charge in [0.2, 0.25) is 5.78 Å². The zero-order valence-electron chi connectivity index (χ0n) is 17.8. The Morgan fingerprint density at radius 1 is 0.935 bits per heavy atom. The number of anilines is 1. The topological polar surface area (TPSA) is 82.1 Å². The van der Waals surface area contributed by atoms with Gasteiger partial charge in [-0.3, -0.25) is 4.79 Å². The van der Waals surface area contributed by atoms with Gasteiger partial charge in [-0.05, 0) is 49.8 Å². The van der Waals surface area contributed by atoms with E-state index in [0.29, 0.717) is 17.1 Å². The van der Waals surface area contributed by atoms with E-state index in [9.17, 15) is 14.4 Å². The quantitative estimate of drug-likeness (QED) is 0.402. The van der Waals surface area contributed by atoms with Gasteiger partial charge in [0.15, 0.2) is 6.61 Å². The molecule has 0 unspecified atom stereocenters. The van der Waals surface area contributed by atoms with Crippen molar-refractivity contribution in [3.63, 3.8) is 0 Å². The van der Waals surface area contributed by atoms with Gasteiger partial charge in [0.1, 0.15) is 11.3 Å². The van der Waals surface area contributed by atoms with Crippen LogP contribution < -0.4 is 9.64 Å². The summed E-state index contributed by atoms with van der Waals surface area (Å²) in [7, 11) is 2.54. The second kappa shape index (κ2) is 9.30. The van der Waals surface area contributed by atoms with Gasteiger partial charge in [-0.25, -0.2) is 9.59 Å². The molecule has 0 aliphatic carbocycles. The molecule has 0 fully saturated rings. The number of aryl methyl sites for hydroxylation is 1. The predicted molar refractivity (Wildman–Crippen MR) is 115 cm³/mol. The number of hydrogen-bond acceptors (Lipinski definition) is 7. The fourth-order valence-electron chi connectivity index (χ4n) is 3.20. The molecule has 0 atom stereocenters. The van der Waals surface area contributed by atoms with E-state index < -0.39 is 17.7 Å². The summed E-state index contributed by atoms with van der Waals surface area (Å²) in [6, 6.07) is 14.5. The molecule has 0 aromatic heterocycles. The average molecular weight is 421 g/mol. The van der Waals surface area contributed by atoms with Gasteiger partial charge in [0.25, 0.3) is 0 Å².